The van der Waals surface area contributed by atoms with Crippen molar-refractivity contribution in [2.45, 2.75) is 25.7 Å². The predicted octanol–water partition coefficient (Wildman–Crippen LogP) is 9.10. The van der Waals surface area contributed by atoms with E-state index in [1.165, 1.54) is 22.7 Å². The molecule has 1 aliphatic heterocycles. The molecule has 1 amide bonds. The molecule has 1 N–H and O–H groups in total. The van der Waals surface area contributed by atoms with Gasteiger partial charge in [0.25, 0.3) is 0 Å². The van der Waals surface area contributed by atoms with Crippen LogP contribution in [0, 0.1) is 0 Å². The molecule has 4 aromatic carbocycles. The van der Waals surface area contributed by atoms with Gasteiger partial charge in [-0.3, -0.25) is 19.2 Å². The minimum absolute atomic E-state index is 0.0327. The van der Waals surface area contributed by atoms with Gasteiger partial charge in [-0.25, -0.2) is 0 Å². The summed E-state index contributed by atoms with van der Waals surface area (Å²) in [4.78, 5) is 54.7. The van der Waals surface area contributed by atoms with Gasteiger partial charge in [-0.15, -0.1) is 22.7 Å². The maximum atomic E-state index is 13.1. The Morgan fingerprint density at radius 1 is 0.593 bits per heavy atom. The zero-order valence-corrected chi connectivity index (χ0v) is 31.6. The predicted molar refractivity (Wildman–Crippen MR) is 213 cm³/mol. The van der Waals surface area contributed by atoms with Crippen LogP contribution in [0.2, 0.25) is 0 Å². The number of carboxylic acid groups (broad SMARTS) is 1. The van der Waals surface area contributed by atoms with Gasteiger partial charge in [-0.05, 0) is 95.8 Å². The molecule has 54 heavy (non-hydrogen) atoms. The zero-order valence-electron chi connectivity index (χ0n) is 30.0. The average Bonchev–Trinajstić information content (AvgIpc) is 4.00. The van der Waals surface area contributed by atoms with Crippen molar-refractivity contribution in [1.82, 2.24) is 4.90 Å². The van der Waals surface area contributed by atoms with E-state index in [0.717, 1.165) is 58.1 Å². The minimum atomic E-state index is -0.918. The molecule has 0 radical (unpaired) electrons. The Hall–Kier alpha value is -5.84. The highest BCUT2D eigenvalue weighted by Crippen LogP contribution is 2.36. The zero-order chi connectivity index (χ0) is 38.0. The molecule has 2 aromatic heterocycles. The van der Waals surface area contributed by atoms with Crippen LogP contribution in [-0.2, 0) is 22.4 Å². The van der Waals surface area contributed by atoms with Crippen molar-refractivity contribution in [2.75, 3.05) is 27.3 Å². The first kappa shape index (κ1) is 37.9. The number of likely N-dealkylation sites (tertiary alicyclic amines) is 1. The van der Waals surface area contributed by atoms with E-state index in [4.69, 9.17) is 14.6 Å². The molecule has 8 nitrogen and oxygen atoms in total. The Morgan fingerprint density at radius 2 is 1.00 bits per heavy atom. The summed E-state index contributed by atoms with van der Waals surface area (Å²) in [5, 5.41) is 9.17. The molecular weight excluding hydrogens is 719 g/mol. The van der Waals surface area contributed by atoms with Gasteiger partial charge in [0.15, 0.2) is 0 Å². The van der Waals surface area contributed by atoms with Crippen LogP contribution in [0.15, 0.2) is 121 Å². The second-order valence-electron chi connectivity index (χ2n) is 12.6. The van der Waals surface area contributed by atoms with Crippen LogP contribution in [0.4, 0.5) is 0 Å². The lowest BCUT2D eigenvalue weighted by Crippen LogP contribution is -2.29. The molecule has 7 rings (SSSR count). The van der Waals surface area contributed by atoms with Gasteiger partial charge in [0.2, 0.25) is 17.5 Å². The third kappa shape index (κ3) is 9.20. The molecule has 3 heterocycles. The maximum absolute atomic E-state index is 13.1. The largest absolute Gasteiger partial charge is 0.497 e. The monoisotopic (exact) mass is 757 g/mol. The molecule has 0 saturated carbocycles. The molecule has 0 atom stereocenters. The summed E-state index contributed by atoms with van der Waals surface area (Å²) < 4.78 is 10.3. The van der Waals surface area contributed by atoms with Crippen molar-refractivity contribution >= 4 is 46.1 Å². The van der Waals surface area contributed by atoms with Crippen molar-refractivity contribution in [1.29, 1.82) is 0 Å². The van der Waals surface area contributed by atoms with Gasteiger partial charge < -0.3 is 19.5 Å². The summed E-state index contributed by atoms with van der Waals surface area (Å²) in [6.07, 6.45) is 2.36. The standard InChI is InChI=1S/C24H23NO3S.C20H16O4S/c1-28-20-11-9-17(10-12-20)23(27)21-15-19(16-22(26)25-13-5-6-14-25)24(29-21)18-7-3-2-4-8-18;1-24-16-9-7-13(8-10-16)19(23)17-11-15(12-18(21)22)20(25-17)14-5-3-2-4-6-14/h2-4,7-12,15H,5-6,13-14,16H2,1H3;2-11H,12H2,1H3,(H,21,22). The van der Waals surface area contributed by atoms with E-state index in [9.17, 15) is 19.2 Å². The van der Waals surface area contributed by atoms with E-state index in [0.29, 0.717) is 38.6 Å². The number of ether oxygens (including phenoxy) is 2. The normalized spacial score (nSPS) is 12.1. The molecule has 0 spiro atoms. The number of hydrogen-bond donors (Lipinski definition) is 1. The molecule has 0 bridgehead atoms. The Balaban J connectivity index is 0.000000186. The van der Waals surface area contributed by atoms with Crippen LogP contribution >= 0.6 is 22.7 Å². The Bertz CT molecular complexity index is 2220. The summed E-state index contributed by atoms with van der Waals surface area (Å²) in [6.45, 7) is 1.67. The fraction of sp³-hybridized carbons (Fsp3) is 0.182. The number of carbonyl (C=O) groups excluding carboxylic acids is 3. The summed E-state index contributed by atoms with van der Waals surface area (Å²) in [5.74, 6) is 0.462. The number of aliphatic carboxylic acids is 1. The SMILES string of the molecule is COc1ccc(C(=O)c2cc(CC(=O)N3CCCC3)c(-c3ccccc3)s2)cc1.COc1ccc(C(=O)c2cc(CC(=O)O)c(-c3ccccc3)s2)cc1. The van der Waals surface area contributed by atoms with E-state index >= 15 is 0 Å². The maximum Gasteiger partial charge on any atom is 0.307 e. The van der Waals surface area contributed by atoms with Gasteiger partial charge in [-0.2, -0.15) is 0 Å². The van der Waals surface area contributed by atoms with Crippen molar-refractivity contribution in [3.63, 3.8) is 0 Å². The van der Waals surface area contributed by atoms with Crippen molar-refractivity contribution in [2.24, 2.45) is 0 Å². The van der Waals surface area contributed by atoms with E-state index in [1.54, 1.807) is 68.8 Å². The van der Waals surface area contributed by atoms with Crippen LogP contribution in [0.3, 0.4) is 0 Å². The minimum Gasteiger partial charge on any atom is -0.497 e. The first-order valence-electron chi connectivity index (χ1n) is 17.5. The van der Waals surface area contributed by atoms with Crippen molar-refractivity contribution in [3.05, 3.63) is 153 Å². The van der Waals surface area contributed by atoms with Crippen LogP contribution < -0.4 is 9.47 Å². The molecule has 0 aliphatic carbocycles. The third-order valence-corrected chi connectivity index (χ3v) is 11.4. The number of thiophene rings is 2. The summed E-state index contributed by atoms with van der Waals surface area (Å²) in [5.41, 5.74) is 4.69. The number of carboxylic acids is 1. The Labute approximate surface area is 322 Å². The summed E-state index contributed by atoms with van der Waals surface area (Å²) in [7, 11) is 3.17. The second-order valence-corrected chi connectivity index (χ2v) is 14.7. The molecule has 1 fully saturated rings. The number of amides is 1. The fourth-order valence-electron chi connectivity index (χ4n) is 6.19. The highest BCUT2D eigenvalue weighted by atomic mass is 32.1. The molecule has 0 unspecified atom stereocenters. The number of hydrogen-bond acceptors (Lipinski definition) is 8. The van der Waals surface area contributed by atoms with Gasteiger partial charge >= 0.3 is 5.97 Å². The number of carbonyl (C=O) groups is 4. The molecule has 1 saturated heterocycles. The average molecular weight is 758 g/mol. The van der Waals surface area contributed by atoms with E-state index in [2.05, 4.69) is 0 Å². The van der Waals surface area contributed by atoms with E-state index in [-0.39, 0.29) is 23.9 Å². The fourth-order valence-corrected chi connectivity index (χ4v) is 8.48. The quantitative estimate of drug-likeness (QED) is 0.124. The van der Waals surface area contributed by atoms with Crippen LogP contribution in [-0.4, -0.2) is 60.8 Å². The van der Waals surface area contributed by atoms with Gasteiger partial charge in [0, 0.05) is 34.0 Å². The van der Waals surface area contributed by atoms with Gasteiger partial charge in [0.1, 0.15) is 11.5 Å². The summed E-state index contributed by atoms with van der Waals surface area (Å²) in [6, 6.07) is 37.1. The number of methoxy groups -OCH3 is 2. The topological polar surface area (TPSA) is 110 Å². The molecule has 10 heteroatoms. The molecular formula is C44H39NO7S2. The first-order valence-corrected chi connectivity index (χ1v) is 19.1. The lowest BCUT2D eigenvalue weighted by Gasteiger charge is -2.15. The number of benzene rings is 4. The summed E-state index contributed by atoms with van der Waals surface area (Å²) >= 11 is 2.78. The van der Waals surface area contributed by atoms with Crippen molar-refractivity contribution in [3.8, 4) is 32.4 Å². The Kier molecular flexibility index (Phi) is 12.5. The second kappa shape index (κ2) is 17.8. The lowest BCUT2D eigenvalue weighted by atomic mass is 10.0. The number of rotatable bonds is 12. The number of nitrogens with zero attached hydrogens (tertiary/aromatic N) is 1. The van der Waals surface area contributed by atoms with E-state index in [1.807, 2.05) is 71.6 Å². The highest BCUT2D eigenvalue weighted by molar-refractivity contribution is 7.18. The first-order chi connectivity index (χ1) is 26.2. The number of ketones is 2. The van der Waals surface area contributed by atoms with Gasteiger partial charge in [0.05, 0.1) is 36.8 Å². The Morgan fingerprint density at radius 3 is 1.39 bits per heavy atom. The van der Waals surface area contributed by atoms with Crippen molar-refractivity contribution < 1.29 is 33.8 Å². The highest BCUT2D eigenvalue weighted by Gasteiger charge is 2.23. The van der Waals surface area contributed by atoms with E-state index < -0.39 is 5.97 Å². The van der Waals surface area contributed by atoms with Crippen LogP contribution in [0.25, 0.3) is 20.9 Å². The molecule has 6 aromatic rings. The lowest BCUT2D eigenvalue weighted by molar-refractivity contribution is -0.136. The third-order valence-electron chi connectivity index (χ3n) is 8.98. The molecule has 1 aliphatic rings. The molecule has 274 valence electrons. The smallest absolute Gasteiger partial charge is 0.307 e. The van der Waals surface area contributed by atoms with Crippen LogP contribution in [0.1, 0.15) is 54.4 Å². The van der Waals surface area contributed by atoms with Gasteiger partial charge in [-0.1, -0.05) is 60.7 Å². The van der Waals surface area contributed by atoms with Crippen LogP contribution in [0.5, 0.6) is 11.5 Å².